The number of fused-ring (bicyclic) bond motifs is 3. The number of unbranched alkanes of at least 4 members (excludes halogenated alkanes) is 1. The number of nitrogens with one attached hydrogen (secondary N) is 1. The third kappa shape index (κ3) is 4.97. The number of hydrogen-bond acceptors (Lipinski definition) is 6. The lowest BCUT2D eigenvalue weighted by Gasteiger charge is -2.11. The summed E-state index contributed by atoms with van der Waals surface area (Å²) in [6.07, 6.45) is 1.95. The van der Waals surface area contributed by atoms with Crippen LogP contribution in [0.5, 0.6) is 0 Å². The molecule has 174 valence electrons. The van der Waals surface area contributed by atoms with E-state index in [2.05, 4.69) is 14.3 Å². The van der Waals surface area contributed by atoms with Crippen LogP contribution in [-0.2, 0) is 27.7 Å². The topological polar surface area (TPSA) is 112 Å². The summed E-state index contributed by atoms with van der Waals surface area (Å²) < 4.78 is 47.8. The van der Waals surface area contributed by atoms with Gasteiger partial charge in [-0.2, -0.15) is 0 Å². The molecule has 4 aromatic rings. The summed E-state index contributed by atoms with van der Waals surface area (Å²) in [6.45, 7) is 1.43. The van der Waals surface area contributed by atoms with Gasteiger partial charge in [-0.25, -0.2) is 27.5 Å². The third-order valence-electron chi connectivity index (χ3n) is 5.44. The lowest BCUT2D eigenvalue weighted by atomic mass is 10.2. The first-order chi connectivity index (χ1) is 15.9. The molecule has 0 aliphatic carbocycles. The summed E-state index contributed by atoms with van der Waals surface area (Å²) in [5.41, 5.74) is 8.59. The van der Waals surface area contributed by atoms with Crippen molar-refractivity contribution >= 4 is 37.8 Å². The SMILES string of the molecule is COCCc1nc2c(N)nc3ccccc3c2n1CCCCNS(=O)(=O)c1ccc(F)cc1. The average molecular weight is 472 g/mol. The van der Waals surface area contributed by atoms with Crippen molar-refractivity contribution in [2.75, 3.05) is 26.0 Å². The maximum absolute atomic E-state index is 13.1. The summed E-state index contributed by atoms with van der Waals surface area (Å²) in [6, 6.07) is 12.6. The molecule has 8 nitrogen and oxygen atoms in total. The molecule has 4 rings (SSSR count). The minimum absolute atomic E-state index is 0.0424. The van der Waals surface area contributed by atoms with E-state index in [0.29, 0.717) is 43.7 Å². The van der Waals surface area contributed by atoms with Crippen molar-refractivity contribution in [2.24, 2.45) is 0 Å². The zero-order chi connectivity index (χ0) is 23.4. The number of nitrogen functional groups attached to an aromatic ring is 1. The van der Waals surface area contributed by atoms with E-state index in [1.54, 1.807) is 7.11 Å². The van der Waals surface area contributed by atoms with Gasteiger partial charge in [-0.05, 0) is 43.2 Å². The Hall–Kier alpha value is -3.08. The Balaban J connectivity index is 1.51. The fourth-order valence-electron chi connectivity index (χ4n) is 3.83. The van der Waals surface area contributed by atoms with Gasteiger partial charge >= 0.3 is 0 Å². The van der Waals surface area contributed by atoms with Crippen molar-refractivity contribution in [1.82, 2.24) is 19.3 Å². The second-order valence-electron chi connectivity index (χ2n) is 7.69. The van der Waals surface area contributed by atoms with Gasteiger partial charge in [0, 0.05) is 32.0 Å². The average Bonchev–Trinajstić information content (AvgIpc) is 3.17. The molecule has 0 spiro atoms. The number of pyridine rings is 1. The van der Waals surface area contributed by atoms with E-state index < -0.39 is 15.8 Å². The van der Waals surface area contributed by atoms with E-state index >= 15 is 0 Å². The molecule has 0 aliphatic heterocycles. The molecule has 2 aromatic carbocycles. The number of nitrogens with zero attached hydrogens (tertiary/aromatic N) is 3. The van der Waals surface area contributed by atoms with Crippen molar-refractivity contribution in [1.29, 1.82) is 0 Å². The first kappa shape index (κ1) is 23.1. The number of rotatable bonds is 10. The van der Waals surface area contributed by atoms with Crippen LogP contribution in [-0.4, -0.2) is 43.2 Å². The van der Waals surface area contributed by atoms with Crippen LogP contribution >= 0.6 is 0 Å². The first-order valence-corrected chi connectivity index (χ1v) is 12.2. The fraction of sp³-hybridized carbons (Fsp3) is 0.304. The van der Waals surface area contributed by atoms with Gasteiger partial charge in [-0.15, -0.1) is 0 Å². The minimum Gasteiger partial charge on any atom is -0.384 e. The second-order valence-corrected chi connectivity index (χ2v) is 9.46. The fourth-order valence-corrected chi connectivity index (χ4v) is 4.90. The molecule has 33 heavy (non-hydrogen) atoms. The quantitative estimate of drug-likeness (QED) is 0.344. The van der Waals surface area contributed by atoms with Gasteiger partial charge in [0.05, 0.1) is 22.5 Å². The number of sulfonamides is 1. The Morgan fingerprint density at radius 1 is 1.09 bits per heavy atom. The predicted molar refractivity (Wildman–Crippen MR) is 126 cm³/mol. The standard InChI is InChI=1S/C23H26FN5O3S/c1-32-15-12-20-28-21-22(18-6-2-3-7-19(18)27-23(21)25)29(20)14-5-4-13-26-33(30,31)17-10-8-16(24)9-11-17/h2-3,6-11,26H,4-5,12-15H2,1H3,(H2,25,27). The number of ether oxygens (including phenoxy) is 1. The molecule has 0 amide bonds. The maximum Gasteiger partial charge on any atom is 0.240 e. The van der Waals surface area contributed by atoms with E-state index in [-0.39, 0.29) is 11.4 Å². The van der Waals surface area contributed by atoms with E-state index in [4.69, 9.17) is 15.5 Å². The molecule has 2 heterocycles. The Morgan fingerprint density at radius 3 is 2.61 bits per heavy atom. The Morgan fingerprint density at radius 2 is 1.85 bits per heavy atom. The molecule has 2 aromatic heterocycles. The van der Waals surface area contributed by atoms with Gasteiger partial charge < -0.3 is 15.0 Å². The normalized spacial score (nSPS) is 12.1. The van der Waals surface area contributed by atoms with Gasteiger partial charge in [0.15, 0.2) is 5.82 Å². The minimum atomic E-state index is -3.68. The van der Waals surface area contributed by atoms with E-state index in [1.807, 2.05) is 24.3 Å². The van der Waals surface area contributed by atoms with E-state index in [9.17, 15) is 12.8 Å². The van der Waals surface area contributed by atoms with Crippen LogP contribution in [0.2, 0.25) is 0 Å². The lowest BCUT2D eigenvalue weighted by Crippen LogP contribution is -2.25. The molecule has 3 N–H and O–H groups in total. The zero-order valence-corrected chi connectivity index (χ0v) is 19.1. The van der Waals surface area contributed by atoms with Crippen LogP contribution < -0.4 is 10.5 Å². The van der Waals surface area contributed by atoms with E-state index in [0.717, 1.165) is 34.4 Å². The smallest absolute Gasteiger partial charge is 0.240 e. The van der Waals surface area contributed by atoms with Crippen molar-refractivity contribution in [3.8, 4) is 0 Å². The number of aryl methyl sites for hydroxylation is 1. The Kier molecular flexibility index (Phi) is 6.87. The summed E-state index contributed by atoms with van der Waals surface area (Å²) >= 11 is 0. The van der Waals surface area contributed by atoms with Crippen LogP contribution in [0.4, 0.5) is 10.2 Å². The van der Waals surface area contributed by atoms with E-state index in [1.165, 1.54) is 12.1 Å². The van der Waals surface area contributed by atoms with Gasteiger partial charge in [-0.1, -0.05) is 18.2 Å². The van der Waals surface area contributed by atoms with Crippen LogP contribution in [0.1, 0.15) is 18.7 Å². The third-order valence-corrected chi connectivity index (χ3v) is 6.92. The van der Waals surface area contributed by atoms with Crippen LogP contribution in [0.25, 0.3) is 21.9 Å². The molecule has 0 atom stereocenters. The second kappa shape index (κ2) is 9.82. The van der Waals surface area contributed by atoms with Gasteiger partial charge in [0.25, 0.3) is 0 Å². The van der Waals surface area contributed by atoms with Gasteiger partial charge in [0.2, 0.25) is 10.0 Å². The molecule has 0 radical (unpaired) electrons. The number of methoxy groups -OCH3 is 1. The highest BCUT2D eigenvalue weighted by atomic mass is 32.2. The number of aromatic nitrogens is 3. The highest BCUT2D eigenvalue weighted by molar-refractivity contribution is 7.89. The summed E-state index contributed by atoms with van der Waals surface area (Å²) in [5, 5.41) is 0.967. The molecule has 0 fully saturated rings. The van der Waals surface area contributed by atoms with Crippen LogP contribution in [0, 0.1) is 5.82 Å². The van der Waals surface area contributed by atoms with Crippen molar-refractivity contribution in [3.05, 3.63) is 60.2 Å². The molecule has 10 heteroatoms. The number of hydrogen-bond donors (Lipinski definition) is 2. The van der Waals surface area contributed by atoms with Gasteiger partial charge in [0.1, 0.15) is 17.2 Å². The summed E-state index contributed by atoms with van der Waals surface area (Å²) in [7, 11) is -2.03. The van der Waals surface area contributed by atoms with Crippen molar-refractivity contribution < 1.29 is 17.5 Å². The molecular weight excluding hydrogens is 445 g/mol. The van der Waals surface area contributed by atoms with Crippen LogP contribution in [0.3, 0.4) is 0 Å². The Labute approximate surface area is 191 Å². The monoisotopic (exact) mass is 471 g/mol. The molecule has 0 saturated heterocycles. The highest BCUT2D eigenvalue weighted by Crippen LogP contribution is 2.29. The molecule has 0 aliphatic rings. The zero-order valence-electron chi connectivity index (χ0n) is 18.3. The first-order valence-electron chi connectivity index (χ1n) is 10.7. The number of benzene rings is 2. The summed E-state index contributed by atoms with van der Waals surface area (Å²) in [4.78, 5) is 9.26. The molecular formula is C23H26FN5O3S. The molecule has 0 bridgehead atoms. The number of nitrogens with two attached hydrogens (primary N) is 1. The highest BCUT2D eigenvalue weighted by Gasteiger charge is 2.17. The number of imidazole rings is 1. The number of halogens is 1. The van der Waals surface area contributed by atoms with Crippen LogP contribution in [0.15, 0.2) is 53.4 Å². The van der Waals surface area contributed by atoms with Crippen molar-refractivity contribution in [3.63, 3.8) is 0 Å². The molecule has 0 unspecified atom stereocenters. The Bertz CT molecular complexity index is 1370. The lowest BCUT2D eigenvalue weighted by molar-refractivity contribution is 0.199. The predicted octanol–water partition coefficient (Wildman–Crippen LogP) is 3.25. The van der Waals surface area contributed by atoms with Gasteiger partial charge in [-0.3, -0.25) is 0 Å². The van der Waals surface area contributed by atoms with Crippen molar-refractivity contribution in [2.45, 2.75) is 30.7 Å². The number of para-hydroxylation sites is 1. The maximum atomic E-state index is 13.1. The largest absolute Gasteiger partial charge is 0.384 e. The summed E-state index contributed by atoms with van der Waals surface area (Å²) in [5.74, 6) is 0.755. The molecule has 0 saturated carbocycles. The number of anilines is 1.